The van der Waals surface area contributed by atoms with Crippen LogP contribution in [0.5, 0.6) is 5.75 Å². The number of aromatic nitrogens is 3. The average molecular weight is 362 g/mol. The lowest BCUT2D eigenvalue weighted by Gasteiger charge is -2.10. The Labute approximate surface area is 158 Å². The zero-order chi connectivity index (χ0) is 18.8. The monoisotopic (exact) mass is 362 g/mol. The second kappa shape index (κ2) is 7.23. The van der Waals surface area contributed by atoms with Gasteiger partial charge in [-0.25, -0.2) is 9.67 Å². The van der Waals surface area contributed by atoms with Gasteiger partial charge in [-0.15, -0.1) is 0 Å². The second-order valence-electron chi connectivity index (χ2n) is 6.93. The van der Waals surface area contributed by atoms with Crippen LogP contribution in [-0.4, -0.2) is 27.3 Å². The van der Waals surface area contributed by atoms with Crippen LogP contribution in [0.15, 0.2) is 48.5 Å². The normalized spacial score (nSPS) is 13.5. The summed E-state index contributed by atoms with van der Waals surface area (Å²) in [6, 6.07) is 15.8. The number of ether oxygens (including phenoxy) is 1. The van der Waals surface area contributed by atoms with Crippen LogP contribution in [0, 0.1) is 6.92 Å². The fraction of sp³-hybridized carbons (Fsp3) is 0.286. The molecule has 1 aromatic heterocycles. The quantitative estimate of drug-likeness (QED) is 0.700. The first-order chi connectivity index (χ1) is 13.1. The molecule has 1 aliphatic rings. The summed E-state index contributed by atoms with van der Waals surface area (Å²) in [6.45, 7) is 2.62. The Morgan fingerprint density at radius 1 is 1.22 bits per heavy atom. The van der Waals surface area contributed by atoms with Gasteiger partial charge in [0.15, 0.2) is 18.3 Å². The SMILES string of the molecule is Cc1ccccc1Cn1nc(C2CC2)nc1-c1cccc(OCC(N)=O)c1. The first-order valence-corrected chi connectivity index (χ1v) is 9.11. The predicted octanol–water partition coefficient (Wildman–Crippen LogP) is 3.04. The Bertz CT molecular complexity index is 976. The molecule has 0 aliphatic heterocycles. The number of primary amides is 1. The van der Waals surface area contributed by atoms with Crippen molar-refractivity contribution in [2.24, 2.45) is 5.73 Å². The lowest BCUT2D eigenvalue weighted by Crippen LogP contribution is -2.20. The molecular weight excluding hydrogens is 340 g/mol. The minimum atomic E-state index is -0.501. The van der Waals surface area contributed by atoms with Crippen molar-refractivity contribution in [3.05, 3.63) is 65.5 Å². The van der Waals surface area contributed by atoms with Gasteiger partial charge in [-0.05, 0) is 43.0 Å². The highest BCUT2D eigenvalue weighted by atomic mass is 16.5. The topological polar surface area (TPSA) is 83.0 Å². The number of aryl methyl sites for hydroxylation is 1. The summed E-state index contributed by atoms with van der Waals surface area (Å²) in [7, 11) is 0. The summed E-state index contributed by atoms with van der Waals surface area (Å²) < 4.78 is 7.40. The molecule has 1 saturated carbocycles. The van der Waals surface area contributed by atoms with Crippen LogP contribution in [-0.2, 0) is 11.3 Å². The molecule has 4 rings (SSSR count). The highest BCUT2D eigenvalue weighted by Crippen LogP contribution is 2.39. The summed E-state index contributed by atoms with van der Waals surface area (Å²) in [5.74, 6) is 2.27. The maximum atomic E-state index is 11.0. The molecule has 1 fully saturated rings. The van der Waals surface area contributed by atoms with Crippen LogP contribution in [0.1, 0.15) is 35.7 Å². The van der Waals surface area contributed by atoms with Gasteiger partial charge in [0, 0.05) is 11.5 Å². The van der Waals surface area contributed by atoms with Gasteiger partial charge < -0.3 is 10.5 Å². The molecule has 1 aliphatic carbocycles. The molecule has 3 aromatic rings. The highest BCUT2D eigenvalue weighted by molar-refractivity contribution is 5.75. The number of carbonyl (C=O) groups is 1. The molecule has 0 unspecified atom stereocenters. The van der Waals surface area contributed by atoms with E-state index in [-0.39, 0.29) is 6.61 Å². The highest BCUT2D eigenvalue weighted by Gasteiger charge is 2.29. The van der Waals surface area contributed by atoms with Crippen LogP contribution in [0.4, 0.5) is 0 Å². The van der Waals surface area contributed by atoms with Crippen LogP contribution in [0.3, 0.4) is 0 Å². The molecule has 1 heterocycles. The molecular formula is C21H22N4O2. The van der Waals surface area contributed by atoms with E-state index in [9.17, 15) is 4.79 Å². The summed E-state index contributed by atoms with van der Waals surface area (Å²) in [6.07, 6.45) is 2.30. The van der Waals surface area contributed by atoms with Crippen LogP contribution >= 0.6 is 0 Å². The molecule has 6 heteroatoms. The number of carbonyl (C=O) groups excluding carboxylic acids is 1. The van der Waals surface area contributed by atoms with Gasteiger partial charge in [-0.1, -0.05) is 36.4 Å². The molecule has 0 radical (unpaired) electrons. The molecule has 138 valence electrons. The number of nitrogens with two attached hydrogens (primary N) is 1. The molecule has 0 saturated heterocycles. The molecule has 0 bridgehead atoms. The number of hydrogen-bond donors (Lipinski definition) is 1. The van der Waals surface area contributed by atoms with Gasteiger partial charge in [-0.3, -0.25) is 4.79 Å². The maximum Gasteiger partial charge on any atom is 0.255 e. The van der Waals surface area contributed by atoms with E-state index in [2.05, 4.69) is 19.1 Å². The fourth-order valence-corrected chi connectivity index (χ4v) is 3.03. The Hall–Kier alpha value is -3.15. The van der Waals surface area contributed by atoms with Gasteiger partial charge in [0.05, 0.1) is 6.54 Å². The smallest absolute Gasteiger partial charge is 0.255 e. The molecule has 2 N–H and O–H groups in total. The molecule has 1 amide bonds. The lowest BCUT2D eigenvalue weighted by molar-refractivity contribution is -0.119. The summed E-state index contributed by atoms with van der Waals surface area (Å²) in [5, 5.41) is 4.78. The summed E-state index contributed by atoms with van der Waals surface area (Å²) >= 11 is 0. The number of rotatable bonds is 7. The second-order valence-corrected chi connectivity index (χ2v) is 6.93. The van der Waals surface area contributed by atoms with E-state index in [4.69, 9.17) is 20.6 Å². The van der Waals surface area contributed by atoms with Gasteiger partial charge >= 0.3 is 0 Å². The van der Waals surface area contributed by atoms with Crippen LogP contribution < -0.4 is 10.5 Å². The third-order valence-electron chi connectivity index (χ3n) is 4.69. The largest absolute Gasteiger partial charge is 0.484 e. The lowest BCUT2D eigenvalue weighted by atomic mass is 10.1. The van der Waals surface area contributed by atoms with E-state index in [1.54, 1.807) is 6.07 Å². The maximum absolute atomic E-state index is 11.0. The number of hydrogen-bond acceptors (Lipinski definition) is 4. The minimum absolute atomic E-state index is 0.146. The van der Waals surface area contributed by atoms with E-state index in [1.807, 2.05) is 35.0 Å². The average Bonchev–Trinajstić information content (AvgIpc) is 3.43. The van der Waals surface area contributed by atoms with Crippen molar-refractivity contribution in [1.82, 2.24) is 14.8 Å². The van der Waals surface area contributed by atoms with E-state index in [1.165, 1.54) is 11.1 Å². The Morgan fingerprint density at radius 2 is 2.04 bits per heavy atom. The summed E-state index contributed by atoms with van der Waals surface area (Å²) in [4.78, 5) is 15.8. The van der Waals surface area contributed by atoms with Crippen molar-refractivity contribution < 1.29 is 9.53 Å². The fourth-order valence-electron chi connectivity index (χ4n) is 3.03. The van der Waals surface area contributed by atoms with Gasteiger partial charge in [0.25, 0.3) is 5.91 Å². The molecule has 2 aromatic carbocycles. The predicted molar refractivity (Wildman–Crippen MR) is 102 cm³/mol. The Balaban J connectivity index is 1.68. The van der Waals surface area contributed by atoms with Crippen molar-refractivity contribution in [3.63, 3.8) is 0 Å². The van der Waals surface area contributed by atoms with Gasteiger partial charge in [0.2, 0.25) is 0 Å². The number of benzene rings is 2. The van der Waals surface area contributed by atoms with Crippen molar-refractivity contribution in [1.29, 1.82) is 0 Å². The molecule has 0 atom stereocenters. The first kappa shape index (κ1) is 17.3. The Morgan fingerprint density at radius 3 is 2.78 bits per heavy atom. The van der Waals surface area contributed by atoms with Gasteiger partial charge in [-0.2, -0.15) is 5.10 Å². The third kappa shape index (κ3) is 4.00. The zero-order valence-corrected chi connectivity index (χ0v) is 15.3. The molecule has 6 nitrogen and oxygen atoms in total. The van der Waals surface area contributed by atoms with Crippen molar-refractivity contribution in [2.75, 3.05) is 6.61 Å². The standard InChI is InChI=1S/C21H22N4O2/c1-14-5-2-3-6-17(14)12-25-21(23-20(24-25)15-9-10-15)16-7-4-8-18(11-16)27-13-19(22)26/h2-8,11,15H,9-10,12-13H2,1H3,(H2,22,26). The van der Waals surface area contributed by atoms with Crippen LogP contribution in [0.25, 0.3) is 11.4 Å². The molecule has 0 spiro atoms. The van der Waals surface area contributed by atoms with E-state index in [0.29, 0.717) is 18.2 Å². The zero-order valence-electron chi connectivity index (χ0n) is 15.3. The molecule has 27 heavy (non-hydrogen) atoms. The summed E-state index contributed by atoms with van der Waals surface area (Å²) in [5.41, 5.74) is 8.52. The first-order valence-electron chi connectivity index (χ1n) is 9.11. The number of amides is 1. The minimum Gasteiger partial charge on any atom is -0.484 e. The van der Waals surface area contributed by atoms with Gasteiger partial charge in [0.1, 0.15) is 5.75 Å². The van der Waals surface area contributed by atoms with E-state index < -0.39 is 5.91 Å². The van der Waals surface area contributed by atoms with E-state index >= 15 is 0 Å². The Kier molecular flexibility index (Phi) is 4.62. The van der Waals surface area contributed by atoms with Crippen molar-refractivity contribution >= 4 is 5.91 Å². The number of nitrogens with zero attached hydrogens (tertiary/aromatic N) is 3. The van der Waals surface area contributed by atoms with E-state index in [0.717, 1.165) is 30.1 Å². The third-order valence-corrected chi connectivity index (χ3v) is 4.69. The van der Waals surface area contributed by atoms with Crippen LogP contribution in [0.2, 0.25) is 0 Å². The van der Waals surface area contributed by atoms with Crippen molar-refractivity contribution in [3.8, 4) is 17.1 Å². The van der Waals surface area contributed by atoms with Crippen molar-refractivity contribution in [2.45, 2.75) is 32.2 Å².